The Balaban J connectivity index is 1.71. The zero-order chi connectivity index (χ0) is 26.4. The quantitative estimate of drug-likeness (QED) is 0.296. The minimum atomic E-state index is -0.771. The zero-order valence-corrected chi connectivity index (χ0v) is 21.7. The Morgan fingerprint density at radius 1 is 1.11 bits per heavy atom. The molecule has 3 heterocycles. The van der Waals surface area contributed by atoms with Crippen molar-refractivity contribution < 1.29 is 28.9 Å². The fraction of sp³-hybridized carbons (Fsp3) is 0.464. The first kappa shape index (κ1) is 26.6. The molecule has 37 heavy (non-hydrogen) atoms. The number of pyridine rings is 1. The molecule has 0 radical (unpaired) electrons. The fourth-order valence-electron chi connectivity index (χ4n) is 4.57. The molecule has 1 atom stereocenters. The number of rotatable bonds is 10. The maximum Gasteiger partial charge on any atom is 0.295 e. The fourth-order valence-corrected chi connectivity index (χ4v) is 4.57. The third-order valence-corrected chi connectivity index (χ3v) is 6.71. The van der Waals surface area contributed by atoms with Crippen LogP contribution in [0.2, 0.25) is 0 Å². The molecular weight excluding hydrogens is 474 g/mol. The SMILES string of the molecule is COc1cc(C2/C(=C(\O)c3ccncc3)C(=O)C(=O)N2CCN2CCOCC2)ccc1OCCC(C)C. The van der Waals surface area contributed by atoms with Crippen LogP contribution in [0.25, 0.3) is 5.76 Å². The summed E-state index contributed by atoms with van der Waals surface area (Å²) in [6.07, 6.45) is 3.97. The lowest BCUT2D eigenvalue weighted by atomic mass is 9.95. The molecule has 0 aliphatic carbocycles. The summed E-state index contributed by atoms with van der Waals surface area (Å²) in [5, 5.41) is 11.2. The smallest absolute Gasteiger partial charge is 0.295 e. The van der Waals surface area contributed by atoms with Crippen molar-refractivity contribution in [3.05, 3.63) is 59.4 Å². The molecule has 0 bridgehead atoms. The molecule has 0 saturated carbocycles. The van der Waals surface area contributed by atoms with E-state index in [-0.39, 0.29) is 11.3 Å². The lowest BCUT2D eigenvalue weighted by Gasteiger charge is -2.31. The van der Waals surface area contributed by atoms with Crippen molar-refractivity contribution in [2.24, 2.45) is 5.92 Å². The molecule has 1 amide bonds. The van der Waals surface area contributed by atoms with E-state index >= 15 is 0 Å². The molecule has 9 heteroatoms. The molecule has 1 unspecified atom stereocenters. The highest BCUT2D eigenvalue weighted by Crippen LogP contribution is 2.42. The summed E-state index contributed by atoms with van der Waals surface area (Å²) in [4.78, 5) is 34.3. The highest BCUT2D eigenvalue weighted by molar-refractivity contribution is 6.46. The first-order chi connectivity index (χ1) is 17.9. The number of aromatic nitrogens is 1. The Morgan fingerprint density at radius 2 is 1.84 bits per heavy atom. The number of ketones is 1. The summed E-state index contributed by atoms with van der Waals surface area (Å²) in [5.74, 6) is 0.0263. The third-order valence-electron chi connectivity index (χ3n) is 6.71. The number of carbonyl (C=O) groups excluding carboxylic acids is 2. The van der Waals surface area contributed by atoms with Crippen molar-refractivity contribution in [2.45, 2.75) is 26.3 Å². The molecule has 2 aliphatic heterocycles. The number of Topliss-reactive ketones (excluding diaryl/α,β-unsaturated/α-hetero) is 1. The van der Waals surface area contributed by atoms with Gasteiger partial charge in [-0.3, -0.25) is 19.5 Å². The van der Waals surface area contributed by atoms with Crippen LogP contribution in [-0.2, 0) is 14.3 Å². The van der Waals surface area contributed by atoms with Gasteiger partial charge >= 0.3 is 0 Å². The number of amides is 1. The van der Waals surface area contributed by atoms with Crippen LogP contribution in [0.5, 0.6) is 11.5 Å². The number of likely N-dealkylation sites (tertiary alicyclic amines) is 1. The largest absolute Gasteiger partial charge is 0.507 e. The van der Waals surface area contributed by atoms with Gasteiger partial charge in [0.2, 0.25) is 0 Å². The minimum Gasteiger partial charge on any atom is -0.507 e. The van der Waals surface area contributed by atoms with E-state index in [4.69, 9.17) is 14.2 Å². The molecule has 2 aliphatic rings. The minimum absolute atomic E-state index is 0.0497. The lowest BCUT2D eigenvalue weighted by Crippen LogP contribution is -2.42. The van der Waals surface area contributed by atoms with Crippen molar-refractivity contribution in [3.8, 4) is 11.5 Å². The average Bonchev–Trinajstić information content (AvgIpc) is 3.17. The van der Waals surface area contributed by atoms with Gasteiger partial charge in [-0.2, -0.15) is 0 Å². The number of morpholine rings is 1. The highest BCUT2D eigenvalue weighted by atomic mass is 16.5. The van der Waals surface area contributed by atoms with E-state index < -0.39 is 17.7 Å². The molecule has 1 aromatic carbocycles. The van der Waals surface area contributed by atoms with Crippen molar-refractivity contribution in [1.29, 1.82) is 0 Å². The van der Waals surface area contributed by atoms with Gasteiger partial charge in [-0.25, -0.2) is 0 Å². The Kier molecular flexibility index (Phi) is 8.78. The van der Waals surface area contributed by atoms with Crippen molar-refractivity contribution in [2.75, 3.05) is 53.1 Å². The highest BCUT2D eigenvalue weighted by Gasteiger charge is 2.46. The van der Waals surface area contributed by atoms with Crippen LogP contribution >= 0.6 is 0 Å². The van der Waals surface area contributed by atoms with Gasteiger partial charge in [0.15, 0.2) is 11.5 Å². The second-order valence-corrected chi connectivity index (χ2v) is 9.62. The number of hydrogen-bond acceptors (Lipinski definition) is 8. The maximum absolute atomic E-state index is 13.3. The van der Waals surface area contributed by atoms with Gasteiger partial charge in [-0.15, -0.1) is 0 Å². The molecule has 4 rings (SSSR count). The van der Waals surface area contributed by atoms with E-state index in [0.29, 0.717) is 61.5 Å². The Labute approximate surface area is 217 Å². The van der Waals surface area contributed by atoms with Gasteiger partial charge in [0, 0.05) is 44.1 Å². The van der Waals surface area contributed by atoms with Crippen molar-refractivity contribution in [3.63, 3.8) is 0 Å². The summed E-state index contributed by atoms with van der Waals surface area (Å²) in [7, 11) is 1.56. The number of hydrogen-bond donors (Lipinski definition) is 1. The molecule has 1 N–H and O–H groups in total. The van der Waals surface area contributed by atoms with E-state index in [0.717, 1.165) is 19.5 Å². The first-order valence-electron chi connectivity index (χ1n) is 12.7. The zero-order valence-electron chi connectivity index (χ0n) is 21.7. The standard InChI is InChI=1S/C28H35N3O6/c1-19(2)8-15-37-22-5-4-21(18-23(22)35-3)25-24(26(32)20-6-9-29-10-7-20)27(33)28(34)31(25)12-11-30-13-16-36-17-14-30/h4-7,9-10,18-19,25,32H,8,11-17H2,1-3H3/b26-24+. The number of carbonyl (C=O) groups is 2. The lowest BCUT2D eigenvalue weighted by molar-refractivity contribution is -0.140. The van der Waals surface area contributed by atoms with Crippen molar-refractivity contribution >= 4 is 17.4 Å². The molecule has 2 aromatic rings. The summed E-state index contributed by atoms with van der Waals surface area (Å²) in [5.41, 5.74) is 1.13. The maximum atomic E-state index is 13.3. The number of ether oxygens (including phenoxy) is 3. The Hall–Kier alpha value is -3.43. The molecule has 1 aromatic heterocycles. The first-order valence-corrected chi connectivity index (χ1v) is 12.7. The molecular formula is C28H35N3O6. The van der Waals surface area contributed by atoms with Crippen LogP contribution in [0.1, 0.15) is 37.4 Å². The average molecular weight is 510 g/mol. The van der Waals surface area contributed by atoms with Crippen LogP contribution in [0.15, 0.2) is 48.3 Å². The van der Waals surface area contributed by atoms with Gasteiger partial charge in [0.1, 0.15) is 5.76 Å². The molecule has 0 spiro atoms. The topological polar surface area (TPSA) is 101 Å². The van der Waals surface area contributed by atoms with Crippen LogP contribution in [0, 0.1) is 5.92 Å². The molecule has 2 saturated heterocycles. The van der Waals surface area contributed by atoms with Crippen LogP contribution in [0.3, 0.4) is 0 Å². The van der Waals surface area contributed by atoms with Gasteiger partial charge in [0.05, 0.1) is 38.5 Å². The second kappa shape index (κ2) is 12.2. The second-order valence-electron chi connectivity index (χ2n) is 9.62. The van der Waals surface area contributed by atoms with E-state index in [1.165, 1.54) is 12.4 Å². The van der Waals surface area contributed by atoms with E-state index in [9.17, 15) is 14.7 Å². The Bertz CT molecular complexity index is 1130. The third kappa shape index (κ3) is 6.11. The molecule has 2 fully saturated rings. The van der Waals surface area contributed by atoms with Crippen molar-refractivity contribution in [1.82, 2.24) is 14.8 Å². The van der Waals surface area contributed by atoms with Gasteiger partial charge < -0.3 is 24.2 Å². The van der Waals surface area contributed by atoms with Gasteiger partial charge in [-0.1, -0.05) is 19.9 Å². The summed E-state index contributed by atoms with van der Waals surface area (Å²) in [6.45, 7) is 8.54. The summed E-state index contributed by atoms with van der Waals surface area (Å²) < 4.78 is 17.0. The monoisotopic (exact) mass is 509 g/mol. The predicted molar refractivity (Wildman–Crippen MR) is 138 cm³/mol. The van der Waals surface area contributed by atoms with Gasteiger partial charge in [0.25, 0.3) is 11.7 Å². The van der Waals surface area contributed by atoms with Crippen LogP contribution in [-0.4, -0.2) is 84.7 Å². The summed E-state index contributed by atoms with van der Waals surface area (Å²) >= 11 is 0. The number of aliphatic hydroxyl groups is 1. The predicted octanol–water partition coefficient (Wildman–Crippen LogP) is 3.27. The van der Waals surface area contributed by atoms with E-state index in [1.807, 2.05) is 6.07 Å². The van der Waals surface area contributed by atoms with E-state index in [2.05, 4.69) is 23.7 Å². The van der Waals surface area contributed by atoms with Crippen LogP contribution in [0.4, 0.5) is 0 Å². The summed E-state index contributed by atoms with van der Waals surface area (Å²) in [6, 6.07) is 7.85. The van der Waals surface area contributed by atoms with Gasteiger partial charge in [-0.05, 0) is 42.2 Å². The van der Waals surface area contributed by atoms with Crippen LogP contribution < -0.4 is 9.47 Å². The number of nitrogens with zero attached hydrogens (tertiary/aromatic N) is 3. The number of benzene rings is 1. The molecule has 9 nitrogen and oxygen atoms in total. The normalized spacial score (nSPS) is 20.0. The van der Waals surface area contributed by atoms with E-state index in [1.54, 1.807) is 36.3 Å². The molecule has 198 valence electrons. The number of aliphatic hydroxyl groups excluding tert-OH is 1. The number of methoxy groups -OCH3 is 1. The Morgan fingerprint density at radius 3 is 2.51 bits per heavy atom.